The van der Waals surface area contributed by atoms with E-state index in [1.807, 2.05) is 6.92 Å². The van der Waals surface area contributed by atoms with Gasteiger partial charge in [0.15, 0.2) is 10.9 Å². The van der Waals surface area contributed by atoms with Crippen molar-refractivity contribution in [2.24, 2.45) is 0 Å². The van der Waals surface area contributed by atoms with Gasteiger partial charge in [-0.3, -0.25) is 14.2 Å². The average Bonchev–Trinajstić information content (AvgIpc) is 3.43. The number of imide groups is 1. The minimum absolute atomic E-state index is 0.181. The number of allylic oxidation sites excluding steroid dienone is 1. The molecular formula is C20H16N4O5S. The molecule has 0 saturated heterocycles. The van der Waals surface area contributed by atoms with E-state index in [1.54, 1.807) is 28.8 Å². The topological polar surface area (TPSA) is 108 Å². The lowest BCUT2D eigenvalue weighted by atomic mass is 10.1. The molecule has 2 amide bonds. The number of nitrogens with zero attached hydrogens (tertiary/aromatic N) is 4. The van der Waals surface area contributed by atoms with Crippen molar-refractivity contribution >= 4 is 29.5 Å². The highest BCUT2D eigenvalue weighted by atomic mass is 32.2. The van der Waals surface area contributed by atoms with Crippen LogP contribution in [0, 0.1) is 0 Å². The molecule has 3 aromatic rings. The van der Waals surface area contributed by atoms with Crippen LogP contribution in [0.15, 0.2) is 64.4 Å². The van der Waals surface area contributed by atoms with Crippen molar-refractivity contribution in [3.05, 3.63) is 65.9 Å². The predicted molar refractivity (Wildman–Crippen MR) is 106 cm³/mol. The maximum absolute atomic E-state index is 12.3. The summed E-state index contributed by atoms with van der Waals surface area (Å²) in [6.07, 6.45) is 1.53. The van der Waals surface area contributed by atoms with Gasteiger partial charge in [0.2, 0.25) is 5.82 Å². The quantitative estimate of drug-likeness (QED) is 0.324. The van der Waals surface area contributed by atoms with Gasteiger partial charge in [-0.25, -0.2) is 4.79 Å². The van der Waals surface area contributed by atoms with Gasteiger partial charge in [-0.1, -0.05) is 41.1 Å². The molecule has 0 spiro atoms. The van der Waals surface area contributed by atoms with Crippen molar-refractivity contribution in [3.8, 4) is 11.6 Å². The third kappa shape index (κ3) is 3.64. The fraction of sp³-hybridized carbons (Fsp3) is 0.150. The van der Waals surface area contributed by atoms with Crippen LogP contribution in [-0.4, -0.2) is 43.4 Å². The summed E-state index contributed by atoms with van der Waals surface area (Å²) >= 11 is 1.07. The summed E-state index contributed by atoms with van der Waals surface area (Å²) < 4.78 is 7.15. The molecule has 0 saturated carbocycles. The molecule has 0 aliphatic carbocycles. The van der Waals surface area contributed by atoms with Gasteiger partial charge < -0.3 is 9.25 Å². The zero-order valence-electron chi connectivity index (χ0n) is 15.9. The fourth-order valence-electron chi connectivity index (χ4n) is 2.90. The molecule has 30 heavy (non-hydrogen) atoms. The number of fused-ring (bicyclic) bond motifs is 1. The number of aromatic nitrogens is 3. The smallest absolute Gasteiger partial charge is 0.343 e. The maximum Gasteiger partial charge on any atom is 0.343 e. The van der Waals surface area contributed by atoms with Crippen molar-refractivity contribution < 1.29 is 23.6 Å². The summed E-state index contributed by atoms with van der Waals surface area (Å²) in [6, 6.07) is 9.78. The van der Waals surface area contributed by atoms with E-state index in [4.69, 9.17) is 9.25 Å². The number of furan rings is 1. The summed E-state index contributed by atoms with van der Waals surface area (Å²) in [4.78, 5) is 41.9. The first-order valence-electron chi connectivity index (χ1n) is 8.88. The third-order valence-electron chi connectivity index (χ3n) is 4.16. The first-order chi connectivity index (χ1) is 14.5. The Morgan fingerprint density at radius 2 is 1.83 bits per heavy atom. The zero-order chi connectivity index (χ0) is 21.3. The second-order valence-electron chi connectivity index (χ2n) is 6.53. The largest absolute Gasteiger partial charge is 0.461 e. The maximum atomic E-state index is 12.3. The third-order valence-corrected chi connectivity index (χ3v) is 5.10. The van der Waals surface area contributed by atoms with Gasteiger partial charge in [0.05, 0.1) is 17.4 Å². The van der Waals surface area contributed by atoms with Crippen LogP contribution in [0.4, 0.5) is 0 Å². The van der Waals surface area contributed by atoms with Crippen molar-refractivity contribution in [2.75, 3.05) is 5.75 Å². The highest BCUT2D eigenvalue weighted by Gasteiger charge is 2.38. The van der Waals surface area contributed by atoms with Crippen LogP contribution in [-0.2, 0) is 16.2 Å². The summed E-state index contributed by atoms with van der Waals surface area (Å²) in [5, 5.41) is 9.18. The Morgan fingerprint density at radius 1 is 1.13 bits per heavy atom. The lowest BCUT2D eigenvalue weighted by molar-refractivity contribution is -0.165. The van der Waals surface area contributed by atoms with E-state index in [1.165, 1.54) is 18.4 Å². The van der Waals surface area contributed by atoms with Crippen LogP contribution in [0.5, 0.6) is 0 Å². The SMILES string of the molecule is C=C(C)Cn1c(SCC(=O)ON2C(=O)c3ccccc3C2=O)nnc1-c1ccco1. The monoisotopic (exact) mass is 424 g/mol. The molecule has 152 valence electrons. The number of carbonyl (C=O) groups is 3. The first-order valence-corrected chi connectivity index (χ1v) is 9.87. The highest BCUT2D eigenvalue weighted by Crippen LogP contribution is 2.26. The number of benzene rings is 1. The molecule has 0 unspecified atom stereocenters. The van der Waals surface area contributed by atoms with Gasteiger partial charge in [0.1, 0.15) is 5.75 Å². The molecule has 9 nitrogen and oxygen atoms in total. The van der Waals surface area contributed by atoms with Crippen LogP contribution in [0.2, 0.25) is 0 Å². The summed E-state index contributed by atoms with van der Waals surface area (Å²) in [7, 11) is 0. The summed E-state index contributed by atoms with van der Waals surface area (Å²) in [5.74, 6) is -1.25. The predicted octanol–water partition coefficient (Wildman–Crippen LogP) is 2.96. The molecule has 0 radical (unpaired) electrons. The molecule has 0 atom stereocenters. The molecular weight excluding hydrogens is 408 g/mol. The van der Waals surface area contributed by atoms with Crippen LogP contribution < -0.4 is 0 Å². The summed E-state index contributed by atoms with van der Waals surface area (Å²) in [5.41, 5.74) is 1.26. The molecule has 4 rings (SSSR count). The minimum Gasteiger partial charge on any atom is -0.461 e. The molecule has 1 aromatic carbocycles. The van der Waals surface area contributed by atoms with E-state index in [2.05, 4.69) is 16.8 Å². The molecule has 1 aliphatic heterocycles. The van der Waals surface area contributed by atoms with Gasteiger partial charge in [0, 0.05) is 6.54 Å². The van der Waals surface area contributed by atoms with Crippen molar-refractivity contribution in [3.63, 3.8) is 0 Å². The summed E-state index contributed by atoms with van der Waals surface area (Å²) in [6.45, 7) is 6.19. The van der Waals surface area contributed by atoms with E-state index in [-0.39, 0.29) is 16.9 Å². The minimum atomic E-state index is -0.765. The van der Waals surface area contributed by atoms with E-state index < -0.39 is 17.8 Å². The Morgan fingerprint density at radius 3 is 2.43 bits per heavy atom. The highest BCUT2D eigenvalue weighted by molar-refractivity contribution is 7.99. The molecule has 1 aliphatic rings. The molecule has 0 bridgehead atoms. The molecule has 0 N–H and O–H groups in total. The Kier molecular flexibility index (Phi) is 5.23. The number of hydroxylamine groups is 2. The van der Waals surface area contributed by atoms with Crippen molar-refractivity contribution in [2.45, 2.75) is 18.6 Å². The van der Waals surface area contributed by atoms with Crippen LogP contribution >= 0.6 is 11.8 Å². The normalized spacial score (nSPS) is 12.9. The van der Waals surface area contributed by atoms with Gasteiger partial charge in [0.25, 0.3) is 11.8 Å². The standard InChI is InChI=1S/C20H16N4O5S/c1-12(2)10-23-17(15-8-5-9-28-15)21-22-20(23)30-11-16(25)29-24-18(26)13-6-3-4-7-14(13)19(24)27/h3-9H,1,10-11H2,2H3. The van der Waals surface area contributed by atoms with Crippen molar-refractivity contribution in [1.82, 2.24) is 19.8 Å². The van der Waals surface area contributed by atoms with Gasteiger partial charge >= 0.3 is 5.97 Å². The molecule has 3 heterocycles. The van der Waals surface area contributed by atoms with E-state index in [0.717, 1.165) is 17.3 Å². The van der Waals surface area contributed by atoms with Gasteiger partial charge in [-0.15, -0.1) is 10.2 Å². The van der Waals surface area contributed by atoms with Gasteiger partial charge in [-0.2, -0.15) is 0 Å². The van der Waals surface area contributed by atoms with Gasteiger partial charge in [-0.05, 0) is 31.2 Å². The average molecular weight is 424 g/mol. The fourth-order valence-corrected chi connectivity index (χ4v) is 3.60. The lowest BCUT2D eigenvalue weighted by Gasteiger charge is -2.12. The number of carbonyl (C=O) groups excluding carboxylic acids is 3. The van der Waals surface area contributed by atoms with Crippen molar-refractivity contribution in [1.29, 1.82) is 0 Å². The van der Waals surface area contributed by atoms with Crippen LogP contribution in [0.1, 0.15) is 27.6 Å². The van der Waals surface area contributed by atoms with E-state index >= 15 is 0 Å². The molecule has 2 aromatic heterocycles. The number of hydrogen-bond acceptors (Lipinski definition) is 8. The Hall–Kier alpha value is -3.66. The number of rotatable bonds is 7. The van der Waals surface area contributed by atoms with E-state index in [9.17, 15) is 14.4 Å². The lowest BCUT2D eigenvalue weighted by Crippen LogP contribution is -2.33. The zero-order valence-corrected chi connectivity index (χ0v) is 16.7. The number of hydrogen-bond donors (Lipinski definition) is 0. The second kappa shape index (κ2) is 7.99. The first kappa shape index (κ1) is 19.6. The number of amides is 2. The Bertz CT molecular complexity index is 1120. The number of thioether (sulfide) groups is 1. The Balaban J connectivity index is 1.45. The molecule has 0 fully saturated rings. The Labute approximate surface area is 175 Å². The molecule has 10 heteroatoms. The second-order valence-corrected chi connectivity index (χ2v) is 7.47. The van der Waals surface area contributed by atoms with Crippen LogP contribution in [0.3, 0.4) is 0 Å². The van der Waals surface area contributed by atoms with Crippen LogP contribution in [0.25, 0.3) is 11.6 Å². The van der Waals surface area contributed by atoms with E-state index in [0.29, 0.717) is 28.3 Å².